The molecule has 0 unspecified atom stereocenters. The molecule has 1 aliphatic carbocycles. The van der Waals surface area contributed by atoms with E-state index in [2.05, 4.69) is 20.9 Å². The quantitative estimate of drug-likeness (QED) is 0.349. The van der Waals surface area contributed by atoms with E-state index in [1.54, 1.807) is 30.3 Å². The van der Waals surface area contributed by atoms with Gasteiger partial charge in [0, 0.05) is 29.8 Å². The van der Waals surface area contributed by atoms with Gasteiger partial charge in [-0.05, 0) is 54.8 Å². The zero-order valence-corrected chi connectivity index (χ0v) is 18.6. The highest BCUT2D eigenvalue weighted by Gasteiger charge is 2.27. The van der Waals surface area contributed by atoms with Gasteiger partial charge in [-0.25, -0.2) is 9.18 Å². The zero-order valence-electron chi connectivity index (χ0n) is 18.6. The van der Waals surface area contributed by atoms with E-state index in [0.717, 1.165) is 25.0 Å². The molecule has 0 atom stereocenters. The number of nitrogens with zero attached hydrogens (tertiary/aromatic N) is 3. The number of phenols is 1. The van der Waals surface area contributed by atoms with Crippen LogP contribution in [0.25, 0.3) is 11.3 Å². The number of halogens is 1. The average molecular weight is 475 g/mol. The molecular weight excluding hydrogens is 453 g/mol. The highest BCUT2D eigenvalue weighted by molar-refractivity contribution is 6.02. The summed E-state index contributed by atoms with van der Waals surface area (Å²) in [5.74, 6) is -0.693. The Bertz CT molecular complexity index is 1380. The van der Waals surface area contributed by atoms with Gasteiger partial charge in [-0.1, -0.05) is 23.7 Å². The summed E-state index contributed by atoms with van der Waals surface area (Å²) in [5.41, 5.74) is 2.52. The summed E-state index contributed by atoms with van der Waals surface area (Å²) in [6.07, 6.45) is 4.29. The third kappa shape index (κ3) is 4.77. The van der Waals surface area contributed by atoms with Gasteiger partial charge in [0.2, 0.25) is 5.76 Å². The normalized spacial score (nSPS) is 13.3. The van der Waals surface area contributed by atoms with Crippen LogP contribution in [0.5, 0.6) is 5.75 Å². The molecule has 0 radical (unpaired) electrons. The second-order valence-corrected chi connectivity index (χ2v) is 8.35. The van der Waals surface area contributed by atoms with Gasteiger partial charge in [0.1, 0.15) is 11.6 Å². The standard InChI is InChI=1S/C25H22FN5O4/c26-17-6-1-3-15(11-17)14-27-25(34)31-21(16-4-2-5-16)13-20(30-31)19-12-18(7-8-22(19)32)29-24(33)23-9-10-28-35-23/h1,3,6-13,16,32H,2,4-5,14H2,(H,27,34)(H,29,33). The van der Waals surface area contributed by atoms with Gasteiger partial charge in [-0.2, -0.15) is 9.78 Å². The number of hydrogen-bond acceptors (Lipinski definition) is 6. The third-order valence-electron chi connectivity index (χ3n) is 5.98. The fourth-order valence-electron chi connectivity index (χ4n) is 3.93. The minimum atomic E-state index is -0.489. The van der Waals surface area contributed by atoms with Crippen LogP contribution in [-0.4, -0.2) is 32.0 Å². The van der Waals surface area contributed by atoms with Gasteiger partial charge < -0.3 is 20.3 Å². The van der Waals surface area contributed by atoms with Crippen molar-refractivity contribution >= 4 is 17.6 Å². The molecule has 0 aliphatic heterocycles. The number of aromatic hydroxyl groups is 1. The Balaban J connectivity index is 1.41. The van der Waals surface area contributed by atoms with Crippen molar-refractivity contribution in [3.05, 3.63) is 83.6 Å². The van der Waals surface area contributed by atoms with E-state index in [4.69, 9.17) is 4.52 Å². The maximum atomic E-state index is 13.5. The molecule has 0 bridgehead atoms. The molecule has 1 saturated carbocycles. The van der Waals surface area contributed by atoms with Gasteiger partial charge in [0.15, 0.2) is 0 Å². The topological polar surface area (TPSA) is 122 Å². The maximum Gasteiger partial charge on any atom is 0.342 e. The lowest BCUT2D eigenvalue weighted by Crippen LogP contribution is -2.31. The first-order chi connectivity index (χ1) is 17.0. The van der Waals surface area contributed by atoms with Crippen molar-refractivity contribution in [1.82, 2.24) is 20.3 Å². The summed E-state index contributed by atoms with van der Waals surface area (Å²) < 4.78 is 19.6. The summed E-state index contributed by atoms with van der Waals surface area (Å²) in [4.78, 5) is 25.3. The van der Waals surface area contributed by atoms with E-state index in [1.165, 1.54) is 35.1 Å². The Kier molecular flexibility index (Phi) is 6.01. The number of carbonyl (C=O) groups excluding carboxylic acids is 2. The lowest BCUT2D eigenvalue weighted by atomic mass is 9.82. The first-order valence-electron chi connectivity index (χ1n) is 11.2. The molecule has 1 fully saturated rings. The summed E-state index contributed by atoms with van der Waals surface area (Å²) in [6, 6.07) is 13.3. The zero-order chi connectivity index (χ0) is 24.4. The van der Waals surface area contributed by atoms with Crippen LogP contribution in [0.4, 0.5) is 14.9 Å². The van der Waals surface area contributed by atoms with Crippen molar-refractivity contribution in [2.75, 3.05) is 5.32 Å². The highest BCUT2D eigenvalue weighted by atomic mass is 19.1. The van der Waals surface area contributed by atoms with Crippen LogP contribution < -0.4 is 10.6 Å². The van der Waals surface area contributed by atoms with Gasteiger partial charge in [-0.3, -0.25) is 4.79 Å². The van der Waals surface area contributed by atoms with Crippen LogP contribution in [-0.2, 0) is 6.54 Å². The minimum absolute atomic E-state index is 0.0474. The van der Waals surface area contributed by atoms with Crippen molar-refractivity contribution in [3.8, 4) is 17.0 Å². The summed E-state index contributed by atoms with van der Waals surface area (Å²) >= 11 is 0. The number of aromatic nitrogens is 3. The van der Waals surface area contributed by atoms with Crippen molar-refractivity contribution in [3.63, 3.8) is 0 Å². The number of nitrogens with one attached hydrogen (secondary N) is 2. The summed E-state index contributed by atoms with van der Waals surface area (Å²) in [6.45, 7) is 0.143. The molecular formula is C25H22FN5O4. The van der Waals surface area contributed by atoms with E-state index < -0.39 is 11.9 Å². The highest BCUT2D eigenvalue weighted by Crippen LogP contribution is 2.39. The van der Waals surface area contributed by atoms with Crippen molar-refractivity contribution in [2.45, 2.75) is 31.7 Å². The lowest BCUT2D eigenvalue weighted by Gasteiger charge is -2.25. The number of benzene rings is 2. The lowest BCUT2D eigenvalue weighted by molar-refractivity contribution is 0.0988. The van der Waals surface area contributed by atoms with E-state index in [1.807, 2.05) is 0 Å². The van der Waals surface area contributed by atoms with Gasteiger partial charge in [0.05, 0.1) is 17.6 Å². The van der Waals surface area contributed by atoms with Gasteiger partial charge in [0.25, 0.3) is 5.91 Å². The SMILES string of the molecule is O=C(Nc1ccc(O)c(-c2cc(C3CCC3)n(C(=O)NCc3cccc(F)c3)n2)c1)c1ccno1. The van der Waals surface area contributed by atoms with Crippen molar-refractivity contribution < 1.29 is 23.6 Å². The molecule has 178 valence electrons. The fourth-order valence-corrected chi connectivity index (χ4v) is 3.93. The molecule has 5 rings (SSSR count). The van der Waals surface area contributed by atoms with Gasteiger partial charge in [-0.15, -0.1) is 0 Å². The summed E-state index contributed by atoms with van der Waals surface area (Å²) in [7, 11) is 0. The molecule has 2 aromatic carbocycles. The first kappa shape index (κ1) is 22.3. The molecule has 2 heterocycles. The van der Waals surface area contributed by atoms with Gasteiger partial charge >= 0.3 is 6.03 Å². The summed E-state index contributed by atoms with van der Waals surface area (Å²) in [5, 5.41) is 24.0. The van der Waals surface area contributed by atoms with Crippen LogP contribution in [0.2, 0.25) is 0 Å². The smallest absolute Gasteiger partial charge is 0.342 e. The molecule has 2 amide bonds. The molecule has 35 heavy (non-hydrogen) atoms. The molecule has 9 nitrogen and oxygen atoms in total. The number of anilines is 1. The molecule has 10 heteroatoms. The monoisotopic (exact) mass is 475 g/mol. The number of hydrogen-bond donors (Lipinski definition) is 3. The second kappa shape index (κ2) is 9.41. The van der Waals surface area contributed by atoms with Crippen LogP contribution in [0.3, 0.4) is 0 Å². The fraction of sp³-hybridized carbons (Fsp3) is 0.200. The Hall–Kier alpha value is -4.47. The van der Waals surface area contributed by atoms with E-state index in [-0.39, 0.29) is 29.8 Å². The van der Waals surface area contributed by atoms with E-state index >= 15 is 0 Å². The Morgan fingerprint density at radius 2 is 2.00 bits per heavy atom. The Morgan fingerprint density at radius 1 is 1.14 bits per heavy atom. The van der Waals surface area contributed by atoms with Crippen LogP contribution in [0.15, 0.2) is 65.3 Å². The predicted molar refractivity (Wildman–Crippen MR) is 124 cm³/mol. The number of rotatable bonds is 6. The van der Waals surface area contributed by atoms with Crippen LogP contribution in [0, 0.1) is 5.82 Å². The van der Waals surface area contributed by atoms with E-state index in [9.17, 15) is 19.1 Å². The number of phenolic OH excluding ortho intramolecular Hbond substituents is 1. The van der Waals surface area contributed by atoms with Crippen molar-refractivity contribution in [1.29, 1.82) is 0 Å². The number of carbonyl (C=O) groups is 2. The average Bonchev–Trinajstić information content (AvgIpc) is 3.49. The first-order valence-corrected chi connectivity index (χ1v) is 11.2. The molecule has 0 saturated heterocycles. The molecule has 0 spiro atoms. The molecule has 4 aromatic rings. The number of amides is 2. The van der Waals surface area contributed by atoms with Crippen LogP contribution >= 0.6 is 0 Å². The molecule has 3 N–H and O–H groups in total. The van der Waals surface area contributed by atoms with Crippen molar-refractivity contribution in [2.24, 2.45) is 0 Å². The maximum absolute atomic E-state index is 13.5. The van der Waals surface area contributed by atoms with Crippen LogP contribution in [0.1, 0.15) is 47.0 Å². The Morgan fingerprint density at radius 3 is 2.71 bits per heavy atom. The van der Waals surface area contributed by atoms with E-state index in [0.29, 0.717) is 22.5 Å². The third-order valence-corrected chi connectivity index (χ3v) is 5.98. The molecule has 1 aliphatic rings. The minimum Gasteiger partial charge on any atom is -0.507 e. The second-order valence-electron chi connectivity index (χ2n) is 8.35. The largest absolute Gasteiger partial charge is 0.507 e. The molecule has 2 aromatic heterocycles. The predicted octanol–water partition coefficient (Wildman–Crippen LogP) is 4.66. The Labute approximate surface area is 199 Å².